The van der Waals surface area contributed by atoms with Crippen LogP contribution >= 0.6 is 0 Å². The van der Waals surface area contributed by atoms with Crippen LogP contribution in [0.4, 0.5) is 5.69 Å². The molecule has 5 nitrogen and oxygen atoms in total. The van der Waals surface area contributed by atoms with Crippen LogP contribution in [0, 0.1) is 6.92 Å². The highest BCUT2D eigenvalue weighted by molar-refractivity contribution is 7.91. The van der Waals surface area contributed by atoms with Crippen LogP contribution in [-0.2, 0) is 28.7 Å². The number of rotatable bonds is 5. The molecule has 0 bridgehead atoms. The van der Waals surface area contributed by atoms with Gasteiger partial charge in [0.25, 0.3) is 0 Å². The number of aryl methyl sites for hydroxylation is 2. The molecule has 0 saturated heterocycles. The van der Waals surface area contributed by atoms with Gasteiger partial charge in [-0.05, 0) is 36.6 Å². The molecule has 26 heavy (non-hydrogen) atoms. The number of sulfonamides is 1. The largest absolute Gasteiger partial charge is 0.328 e. The molecule has 134 valence electrons. The molecule has 6 heteroatoms. The molecule has 0 radical (unpaired) electrons. The molecule has 2 heterocycles. The molecular weight excluding hydrogens is 346 g/mol. The van der Waals surface area contributed by atoms with Crippen LogP contribution in [0.15, 0.2) is 54.7 Å². The maximum absolute atomic E-state index is 12.4. The minimum absolute atomic E-state index is 0.0352. The number of imidazole rings is 1. The lowest BCUT2D eigenvalue weighted by Gasteiger charge is -2.10. The van der Waals surface area contributed by atoms with Gasteiger partial charge in [0.1, 0.15) is 5.82 Å². The van der Waals surface area contributed by atoms with Crippen LogP contribution < -0.4 is 4.72 Å². The molecule has 0 fully saturated rings. The van der Waals surface area contributed by atoms with Gasteiger partial charge in [0.15, 0.2) is 0 Å². The zero-order chi connectivity index (χ0) is 18.1. The highest BCUT2D eigenvalue weighted by atomic mass is 32.2. The summed E-state index contributed by atoms with van der Waals surface area (Å²) >= 11 is 0. The van der Waals surface area contributed by atoms with Crippen molar-refractivity contribution in [2.45, 2.75) is 32.1 Å². The second kappa shape index (κ2) is 6.61. The van der Waals surface area contributed by atoms with Gasteiger partial charge in [-0.2, -0.15) is 0 Å². The number of fused-ring (bicyclic) bond motifs is 1. The van der Waals surface area contributed by atoms with Crippen molar-refractivity contribution in [2.75, 3.05) is 4.72 Å². The van der Waals surface area contributed by atoms with Crippen molar-refractivity contribution >= 4 is 15.7 Å². The summed E-state index contributed by atoms with van der Waals surface area (Å²) in [6, 6.07) is 15.0. The summed E-state index contributed by atoms with van der Waals surface area (Å²) in [5, 5.41) is 0. The van der Waals surface area contributed by atoms with Crippen LogP contribution in [0.5, 0.6) is 0 Å². The standard InChI is InChI=1S/C20H21N3O2S/c1-15-4-2-5-16(12-15)14-26(24,25)22-18-9-7-17(8-10-18)19-13-21-20-6-3-11-23(19)20/h2,4-5,7-10,12-13,22H,3,6,11,14H2,1H3. The third-order valence-corrected chi connectivity index (χ3v) is 5.87. The van der Waals surface area contributed by atoms with Crippen molar-refractivity contribution in [3.8, 4) is 11.3 Å². The summed E-state index contributed by atoms with van der Waals surface area (Å²) in [6.07, 6.45) is 4.05. The molecular formula is C20H21N3O2S. The number of nitrogens with zero attached hydrogens (tertiary/aromatic N) is 2. The summed E-state index contributed by atoms with van der Waals surface area (Å²) in [4.78, 5) is 4.46. The van der Waals surface area contributed by atoms with E-state index in [4.69, 9.17) is 0 Å². The van der Waals surface area contributed by atoms with E-state index in [1.807, 2.05) is 49.5 Å². The zero-order valence-corrected chi connectivity index (χ0v) is 15.5. The van der Waals surface area contributed by atoms with Gasteiger partial charge in [-0.25, -0.2) is 13.4 Å². The molecule has 1 N–H and O–H groups in total. The number of nitrogens with one attached hydrogen (secondary N) is 1. The topological polar surface area (TPSA) is 64.0 Å². The van der Waals surface area contributed by atoms with E-state index in [9.17, 15) is 8.42 Å². The Morgan fingerprint density at radius 1 is 1.15 bits per heavy atom. The normalized spacial score (nSPS) is 13.6. The van der Waals surface area contributed by atoms with Crippen molar-refractivity contribution in [3.05, 3.63) is 71.7 Å². The van der Waals surface area contributed by atoms with E-state index in [1.54, 1.807) is 12.1 Å². The number of hydrogen-bond donors (Lipinski definition) is 1. The van der Waals surface area contributed by atoms with E-state index in [0.29, 0.717) is 5.69 Å². The van der Waals surface area contributed by atoms with E-state index in [-0.39, 0.29) is 5.75 Å². The average molecular weight is 367 g/mol. The van der Waals surface area contributed by atoms with Crippen molar-refractivity contribution in [2.24, 2.45) is 0 Å². The van der Waals surface area contributed by atoms with Gasteiger partial charge < -0.3 is 4.57 Å². The minimum atomic E-state index is -3.45. The van der Waals surface area contributed by atoms with Crippen molar-refractivity contribution in [3.63, 3.8) is 0 Å². The lowest BCUT2D eigenvalue weighted by molar-refractivity contribution is 0.600. The first-order valence-electron chi connectivity index (χ1n) is 8.71. The van der Waals surface area contributed by atoms with Crippen molar-refractivity contribution < 1.29 is 8.42 Å². The van der Waals surface area contributed by atoms with Gasteiger partial charge in [0.2, 0.25) is 10.0 Å². The van der Waals surface area contributed by atoms with E-state index in [2.05, 4.69) is 14.3 Å². The second-order valence-corrected chi connectivity index (χ2v) is 8.46. The van der Waals surface area contributed by atoms with Crippen LogP contribution in [0.25, 0.3) is 11.3 Å². The molecule has 0 spiro atoms. The minimum Gasteiger partial charge on any atom is -0.328 e. The summed E-state index contributed by atoms with van der Waals surface area (Å²) in [7, 11) is -3.45. The van der Waals surface area contributed by atoms with Gasteiger partial charge in [-0.3, -0.25) is 4.72 Å². The molecule has 0 saturated carbocycles. The van der Waals surface area contributed by atoms with Gasteiger partial charge in [0, 0.05) is 18.7 Å². The van der Waals surface area contributed by atoms with E-state index in [0.717, 1.165) is 47.6 Å². The number of aromatic nitrogens is 2. The van der Waals surface area contributed by atoms with Crippen LogP contribution in [0.3, 0.4) is 0 Å². The SMILES string of the molecule is Cc1cccc(CS(=O)(=O)Nc2ccc(-c3cnc4n3CCC4)cc2)c1. The first-order valence-corrected chi connectivity index (χ1v) is 10.4. The number of anilines is 1. The second-order valence-electron chi connectivity index (χ2n) is 6.74. The Morgan fingerprint density at radius 2 is 1.96 bits per heavy atom. The Bertz CT molecular complexity index is 1040. The van der Waals surface area contributed by atoms with Gasteiger partial charge in [-0.15, -0.1) is 0 Å². The Labute approximate surface area is 153 Å². The van der Waals surface area contributed by atoms with Gasteiger partial charge >= 0.3 is 0 Å². The summed E-state index contributed by atoms with van der Waals surface area (Å²) in [6.45, 7) is 2.95. The molecule has 0 amide bonds. The fourth-order valence-electron chi connectivity index (χ4n) is 3.43. The average Bonchev–Trinajstić information content (AvgIpc) is 3.18. The molecule has 0 unspecified atom stereocenters. The molecule has 0 atom stereocenters. The molecule has 1 aromatic heterocycles. The monoisotopic (exact) mass is 367 g/mol. The lowest BCUT2D eigenvalue weighted by Crippen LogP contribution is -2.15. The molecule has 2 aromatic carbocycles. The highest BCUT2D eigenvalue weighted by Crippen LogP contribution is 2.27. The van der Waals surface area contributed by atoms with E-state index < -0.39 is 10.0 Å². The van der Waals surface area contributed by atoms with Gasteiger partial charge in [-0.1, -0.05) is 42.0 Å². The smallest absolute Gasteiger partial charge is 0.236 e. The van der Waals surface area contributed by atoms with Crippen molar-refractivity contribution in [1.29, 1.82) is 0 Å². The fourth-order valence-corrected chi connectivity index (χ4v) is 4.62. The summed E-state index contributed by atoms with van der Waals surface area (Å²) < 4.78 is 29.7. The predicted octanol–water partition coefficient (Wildman–Crippen LogP) is 3.75. The number of hydrogen-bond acceptors (Lipinski definition) is 3. The first-order chi connectivity index (χ1) is 12.5. The molecule has 3 aromatic rings. The predicted molar refractivity (Wildman–Crippen MR) is 103 cm³/mol. The van der Waals surface area contributed by atoms with E-state index >= 15 is 0 Å². The third kappa shape index (κ3) is 3.51. The maximum Gasteiger partial charge on any atom is 0.236 e. The number of benzene rings is 2. The summed E-state index contributed by atoms with van der Waals surface area (Å²) in [5.41, 5.74) is 4.54. The Morgan fingerprint density at radius 3 is 2.73 bits per heavy atom. The molecule has 1 aliphatic rings. The quantitative estimate of drug-likeness (QED) is 0.747. The molecule has 4 rings (SSSR count). The third-order valence-electron chi connectivity index (χ3n) is 4.61. The van der Waals surface area contributed by atoms with Crippen LogP contribution in [0.2, 0.25) is 0 Å². The first kappa shape index (κ1) is 16.8. The molecule has 1 aliphatic heterocycles. The van der Waals surface area contributed by atoms with Crippen LogP contribution in [0.1, 0.15) is 23.4 Å². The van der Waals surface area contributed by atoms with Crippen molar-refractivity contribution in [1.82, 2.24) is 9.55 Å². The summed E-state index contributed by atoms with van der Waals surface area (Å²) in [5.74, 6) is 1.09. The van der Waals surface area contributed by atoms with Crippen LogP contribution in [-0.4, -0.2) is 18.0 Å². The fraction of sp³-hybridized carbons (Fsp3) is 0.250. The maximum atomic E-state index is 12.4. The Balaban J connectivity index is 1.50. The Hall–Kier alpha value is -2.60. The molecule has 0 aliphatic carbocycles. The van der Waals surface area contributed by atoms with Gasteiger partial charge in [0.05, 0.1) is 17.6 Å². The highest BCUT2D eigenvalue weighted by Gasteiger charge is 2.17. The zero-order valence-electron chi connectivity index (χ0n) is 14.6. The van der Waals surface area contributed by atoms with E-state index in [1.165, 1.54) is 0 Å². The lowest BCUT2D eigenvalue weighted by atomic mass is 10.1. The Kier molecular flexibility index (Phi) is 4.28.